The first-order valence-corrected chi connectivity index (χ1v) is 8.60. The van der Waals surface area contributed by atoms with Crippen molar-refractivity contribution in [3.05, 3.63) is 60.0 Å². The Labute approximate surface area is 149 Å². The van der Waals surface area contributed by atoms with Gasteiger partial charge >= 0.3 is 0 Å². The lowest BCUT2D eigenvalue weighted by Gasteiger charge is -2.09. The van der Waals surface area contributed by atoms with Gasteiger partial charge in [0, 0.05) is 16.3 Å². The van der Waals surface area contributed by atoms with Crippen LogP contribution in [0.25, 0.3) is 11.4 Å². The number of methoxy groups -OCH3 is 1. The maximum atomic E-state index is 5.88. The summed E-state index contributed by atoms with van der Waals surface area (Å²) in [4.78, 5) is 0. The summed E-state index contributed by atoms with van der Waals surface area (Å²) in [7, 11) is 1.64. The largest absolute Gasteiger partial charge is 0.497 e. The second-order valence-electron chi connectivity index (χ2n) is 5.01. The maximum absolute atomic E-state index is 5.88. The van der Waals surface area contributed by atoms with Crippen molar-refractivity contribution >= 4 is 23.4 Å². The van der Waals surface area contributed by atoms with Gasteiger partial charge in [-0.15, -0.1) is 10.2 Å². The highest BCUT2D eigenvalue weighted by Crippen LogP contribution is 2.28. The third-order valence-electron chi connectivity index (χ3n) is 3.30. The molecule has 0 atom stereocenters. The summed E-state index contributed by atoms with van der Waals surface area (Å²) in [6.07, 6.45) is 1.65. The average Bonchev–Trinajstić information content (AvgIpc) is 3.23. The van der Waals surface area contributed by atoms with Crippen LogP contribution in [0.2, 0.25) is 0 Å². The Balaban J connectivity index is 1.99. The van der Waals surface area contributed by atoms with Crippen LogP contribution in [-0.4, -0.2) is 27.6 Å². The summed E-state index contributed by atoms with van der Waals surface area (Å²) in [5, 5.41) is 9.96. The summed E-state index contributed by atoms with van der Waals surface area (Å²) in [5.41, 5.74) is 0.921. The SMILES string of the molecule is C=C(Cl)CSc1nnc(-c2cccc(OC)c2)n1Cc1ccco1. The molecule has 0 bridgehead atoms. The van der Waals surface area contributed by atoms with Crippen LogP contribution in [0, 0.1) is 0 Å². The number of thioether (sulfide) groups is 1. The van der Waals surface area contributed by atoms with Crippen molar-refractivity contribution in [1.82, 2.24) is 14.8 Å². The van der Waals surface area contributed by atoms with Crippen LogP contribution in [0.5, 0.6) is 5.75 Å². The zero-order valence-electron chi connectivity index (χ0n) is 13.1. The molecule has 3 aromatic rings. The minimum atomic E-state index is 0.531. The van der Waals surface area contributed by atoms with Crippen LogP contribution in [0.3, 0.4) is 0 Å². The Morgan fingerprint density at radius 1 is 1.33 bits per heavy atom. The lowest BCUT2D eigenvalue weighted by molar-refractivity contribution is 0.415. The van der Waals surface area contributed by atoms with Gasteiger partial charge in [-0.2, -0.15) is 0 Å². The minimum absolute atomic E-state index is 0.531. The van der Waals surface area contributed by atoms with Gasteiger partial charge in [-0.3, -0.25) is 4.57 Å². The summed E-state index contributed by atoms with van der Waals surface area (Å²) in [6.45, 7) is 4.25. The first-order valence-electron chi connectivity index (χ1n) is 7.23. The first-order chi connectivity index (χ1) is 11.7. The Morgan fingerprint density at radius 3 is 2.92 bits per heavy atom. The molecule has 0 saturated carbocycles. The van der Waals surface area contributed by atoms with Crippen LogP contribution in [0.15, 0.2) is 63.8 Å². The van der Waals surface area contributed by atoms with E-state index in [-0.39, 0.29) is 0 Å². The van der Waals surface area contributed by atoms with Gasteiger partial charge in [-0.05, 0) is 24.3 Å². The molecule has 3 rings (SSSR count). The second-order valence-corrected chi connectivity index (χ2v) is 6.49. The Bertz CT molecular complexity index is 830. The van der Waals surface area contributed by atoms with Gasteiger partial charge in [0.25, 0.3) is 0 Å². The zero-order valence-corrected chi connectivity index (χ0v) is 14.7. The molecule has 1 aromatic carbocycles. The molecule has 0 aliphatic heterocycles. The molecule has 24 heavy (non-hydrogen) atoms. The molecule has 0 radical (unpaired) electrons. The molecule has 0 amide bonds. The molecule has 0 unspecified atom stereocenters. The summed E-state index contributed by atoms with van der Waals surface area (Å²) >= 11 is 7.37. The minimum Gasteiger partial charge on any atom is -0.497 e. The number of aromatic nitrogens is 3. The van der Waals surface area contributed by atoms with Gasteiger partial charge in [0.05, 0.1) is 19.9 Å². The highest BCUT2D eigenvalue weighted by molar-refractivity contribution is 7.99. The van der Waals surface area contributed by atoms with Crippen LogP contribution in [-0.2, 0) is 6.54 Å². The van der Waals surface area contributed by atoms with Gasteiger partial charge in [-0.25, -0.2) is 0 Å². The van der Waals surface area contributed by atoms with Crippen molar-refractivity contribution in [3.63, 3.8) is 0 Å². The number of nitrogens with zero attached hydrogens (tertiary/aromatic N) is 3. The van der Waals surface area contributed by atoms with Crippen molar-refractivity contribution < 1.29 is 9.15 Å². The van der Waals surface area contributed by atoms with E-state index in [1.807, 2.05) is 41.0 Å². The van der Waals surface area contributed by atoms with E-state index in [0.29, 0.717) is 17.3 Å². The molecule has 7 heteroatoms. The highest BCUT2D eigenvalue weighted by atomic mass is 35.5. The monoisotopic (exact) mass is 361 g/mol. The molecule has 2 heterocycles. The molecular formula is C17H16ClN3O2S. The average molecular weight is 362 g/mol. The summed E-state index contributed by atoms with van der Waals surface area (Å²) in [6, 6.07) is 11.5. The lowest BCUT2D eigenvalue weighted by atomic mass is 10.2. The molecular weight excluding hydrogens is 346 g/mol. The number of rotatable bonds is 7. The van der Waals surface area contributed by atoms with Crippen molar-refractivity contribution in [2.75, 3.05) is 12.9 Å². The van der Waals surface area contributed by atoms with E-state index in [1.54, 1.807) is 13.4 Å². The molecule has 0 aliphatic carbocycles. The van der Waals surface area contributed by atoms with Crippen molar-refractivity contribution in [3.8, 4) is 17.1 Å². The van der Waals surface area contributed by atoms with Gasteiger partial charge in [0.2, 0.25) is 0 Å². The highest BCUT2D eigenvalue weighted by Gasteiger charge is 2.16. The standard InChI is InChI=1S/C17H16ClN3O2S/c1-12(18)11-24-17-20-19-16(13-5-3-6-14(9-13)22-2)21(17)10-15-7-4-8-23-15/h3-9H,1,10-11H2,2H3. The van der Waals surface area contributed by atoms with E-state index in [4.69, 9.17) is 20.8 Å². The predicted octanol–water partition coefficient (Wildman–Crippen LogP) is 4.44. The van der Waals surface area contributed by atoms with Gasteiger partial charge in [-0.1, -0.05) is 42.1 Å². The summed E-state index contributed by atoms with van der Waals surface area (Å²) in [5.74, 6) is 2.90. The van der Waals surface area contributed by atoms with E-state index < -0.39 is 0 Å². The molecule has 0 fully saturated rings. The molecule has 0 saturated heterocycles. The Morgan fingerprint density at radius 2 is 2.21 bits per heavy atom. The van der Waals surface area contributed by atoms with E-state index in [0.717, 1.165) is 28.1 Å². The fraction of sp³-hybridized carbons (Fsp3) is 0.176. The van der Waals surface area contributed by atoms with Crippen LogP contribution in [0.4, 0.5) is 0 Å². The van der Waals surface area contributed by atoms with Crippen LogP contribution in [0.1, 0.15) is 5.76 Å². The second kappa shape index (κ2) is 7.59. The molecule has 124 valence electrons. The third kappa shape index (κ3) is 3.83. The van der Waals surface area contributed by atoms with Crippen LogP contribution >= 0.6 is 23.4 Å². The van der Waals surface area contributed by atoms with Crippen molar-refractivity contribution in [1.29, 1.82) is 0 Å². The molecule has 0 N–H and O–H groups in total. The normalized spacial score (nSPS) is 10.8. The van der Waals surface area contributed by atoms with Crippen LogP contribution < -0.4 is 4.74 Å². The molecule has 0 spiro atoms. The van der Waals surface area contributed by atoms with Gasteiger partial charge in [0.15, 0.2) is 11.0 Å². The lowest BCUT2D eigenvalue weighted by Crippen LogP contribution is -2.03. The van der Waals surface area contributed by atoms with E-state index in [9.17, 15) is 0 Å². The quantitative estimate of drug-likeness (QED) is 0.582. The molecule has 5 nitrogen and oxygen atoms in total. The topological polar surface area (TPSA) is 53.1 Å². The van der Waals surface area contributed by atoms with Crippen molar-refractivity contribution in [2.45, 2.75) is 11.7 Å². The van der Waals surface area contributed by atoms with Gasteiger partial charge in [0.1, 0.15) is 11.5 Å². The number of halogens is 1. The van der Waals surface area contributed by atoms with E-state index >= 15 is 0 Å². The van der Waals surface area contributed by atoms with Gasteiger partial charge < -0.3 is 9.15 Å². The number of benzene rings is 1. The fourth-order valence-corrected chi connectivity index (χ4v) is 3.07. The number of ether oxygens (including phenoxy) is 1. The summed E-state index contributed by atoms with van der Waals surface area (Å²) < 4.78 is 12.8. The first kappa shape index (κ1) is 16.7. The molecule has 0 aliphatic rings. The predicted molar refractivity (Wildman–Crippen MR) is 95.5 cm³/mol. The smallest absolute Gasteiger partial charge is 0.192 e. The molecule has 2 aromatic heterocycles. The number of hydrogen-bond acceptors (Lipinski definition) is 5. The number of hydrogen-bond donors (Lipinski definition) is 0. The van der Waals surface area contributed by atoms with E-state index in [2.05, 4.69) is 16.8 Å². The fourth-order valence-electron chi connectivity index (χ4n) is 2.21. The van der Waals surface area contributed by atoms with E-state index in [1.165, 1.54) is 11.8 Å². The Hall–Kier alpha value is -2.18. The maximum Gasteiger partial charge on any atom is 0.192 e. The Kier molecular flexibility index (Phi) is 5.27. The zero-order chi connectivity index (χ0) is 16.9. The third-order valence-corrected chi connectivity index (χ3v) is 4.64. The van der Waals surface area contributed by atoms with Crippen molar-refractivity contribution in [2.24, 2.45) is 0 Å². The number of furan rings is 1.